The standard InChI is InChI=1S/C27H35FN2O2S/c1-2-25(27(32)29-23-14-7-4-8-15-23)30(18-17-21-11-5-3-6-12-21)26(31)20-33-19-22-13-9-10-16-24(22)28/h3,5-6,9-13,16,23,25H,2,4,7-8,14-15,17-20H2,1H3,(H,29,32)/t25-/m0/s1. The van der Waals surface area contributed by atoms with Crippen molar-refractivity contribution in [3.05, 3.63) is 71.5 Å². The van der Waals surface area contributed by atoms with Crippen LogP contribution in [0.15, 0.2) is 54.6 Å². The minimum Gasteiger partial charge on any atom is -0.352 e. The second kappa shape index (κ2) is 13.4. The van der Waals surface area contributed by atoms with Gasteiger partial charge in [0.2, 0.25) is 11.8 Å². The van der Waals surface area contributed by atoms with E-state index in [0.717, 1.165) is 31.2 Å². The fraction of sp³-hybridized carbons (Fsp3) is 0.481. The fourth-order valence-electron chi connectivity index (χ4n) is 4.39. The smallest absolute Gasteiger partial charge is 0.243 e. The molecule has 1 saturated carbocycles. The molecule has 2 aromatic rings. The predicted octanol–water partition coefficient (Wildman–Crippen LogP) is 5.36. The van der Waals surface area contributed by atoms with Crippen LogP contribution in [-0.4, -0.2) is 41.1 Å². The van der Waals surface area contributed by atoms with Gasteiger partial charge in [0.05, 0.1) is 5.75 Å². The summed E-state index contributed by atoms with van der Waals surface area (Å²) in [6.45, 7) is 2.44. The number of nitrogens with one attached hydrogen (secondary N) is 1. The molecule has 0 bridgehead atoms. The number of hydrogen-bond acceptors (Lipinski definition) is 3. The highest BCUT2D eigenvalue weighted by atomic mass is 32.2. The second-order valence-corrected chi connectivity index (χ2v) is 9.66. The molecule has 0 unspecified atom stereocenters. The third kappa shape index (κ3) is 7.88. The van der Waals surface area contributed by atoms with Crippen LogP contribution in [0.5, 0.6) is 0 Å². The highest BCUT2D eigenvalue weighted by molar-refractivity contribution is 7.99. The molecule has 4 nitrogen and oxygen atoms in total. The van der Waals surface area contributed by atoms with Gasteiger partial charge in [-0.1, -0.05) is 74.7 Å². The van der Waals surface area contributed by atoms with Crippen molar-refractivity contribution in [3.63, 3.8) is 0 Å². The lowest BCUT2D eigenvalue weighted by Gasteiger charge is -2.32. The van der Waals surface area contributed by atoms with E-state index in [9.17, 15) is 14.0 Å². The van der Waals surface area contributed by atoms with E-state index in [1.807, 2.05) is 37.3 Å². The third-order valence-corrected chi connectivity index (χ3v) is 7.23. The summed E-state index contributed by atoms with van der Waals surface area (Å²) >= 11 is 1.39. The van der Waals surface area contributed by atoms with Crippen LogP contribution in [-0.2, 0) is 21.8 Å². The quantitative estimate of drug-likeness (QED) is 0.481. The zero-order valence-electron chi connectivity index (χ0n) is 19.5. The Morgan fingerprint density at radius 1 is 1.06 bits per heavy atom. The molecule has 2 aromatic carbocycles. The number of hydrogen-bond donors (Lipinski definition) is 1. The minimum atomic E-state index is -0.489. The second-order valence-electron chi connectivity index (χ2n) is 8.67. The van der Waals surface area contributed by atoms with Gasteiger partial charge in [-0.2, -0.15) is 0 Å². The molecule has 2 amide bonds. The number of halogens is 1. The number of amides is 2. The summed E-state index contributed by atoms with van der Waals surface area (Å²) in [4.78, 5) is 28.2. The molecule has 33 heavy (non-hydrogen) atoms. The Hall–Kier alpha value is -2.34. The molecule has 3 rings (SSSR count). The average molecular weight is 471 g/mol. The normalized spacial score (nSPS) is 15.1. The first-order valence-corrected chi connectivity index (χ1v) is 13.2. The number of carbonyl (C=O) groups excluding carboxylic acids is 2. The van der Waals surface area contributed by atoms with E-state index in [1.54, 1.807) is 23.1 Å². The monoisotopic (exact) mass is 470 g/mol. The van der Waals surface area contributed by atoms with E-state index in [4.69, 9.17) is 0 Å². The summed E-state index contributed by atoms with van der Waals surface area (Å²) in [5, 5.41) is 3.20. The Morgan fingerprint density at radius 2 is 1.76 bits per heavy atom. The zero-order valence-corrected chi connectivity index (χ0v) is 20.3. The average Bonchev–Trinajstić information content (AvgIpc) is 2.84. The summed E-state index contributed by atoms with van der Waals surface area (Å²) < 4.78 is 13.9. The number of thioether (sulfide) groups is 1. The molecular formula is C27H35FN2O2S. The summed E-state index contributed by atoms with van der Waals surface area (Å²) in [5.41, 5.74) is 1.73. The summed E-state index contributed by atoms with van der Waals surface area (Å²) in [6.07, 6.45) is 6.80. The van der Waals surface area contributed by atoms with Gasteiger partial charge in [-0.15, -0.1) is 11.8 Å². The van der Waals surface area contributed by atoms with Gasteiger partial charge in [-0.05, 0) is 42.9 Å². The van der Waals surface area contributed by atoms with E-state index in [1.165, 1.54) is 24.2 Å². The van der Waals surface area contributed by atoms with Gasteiger partial charge in [-0.3, -0.25) is 9.59 Å². The van der Waals surface area contributed by atoms with Crippen LogP contribution in [0.3, 0.4) is 0 Å². The van der Waals surface area contributed by atoms with E-state index in [2.05, 4.69) is 5.32 Å². The highest BCUT2D eigenvalue weighted by Crippen LogP contribution is 2.20. The van der Waals surface area contributed by atoms with E-state index < -0.39 is 6.04 Å². The number of rotatable bonds is 11. The fourth-order valence-corrected chi connectivity index (χ4v) is 5.28. The maximum Gasteiger partial charge on any atom is 0.243 e. The molecule has 1 aliphatic carbocycles. The molecule has 0 saturated heterocycles. The Morgan fingerprint density at radius 3 is 2.45 bits per heavy atom. The molecule has 178 valence electrons. The molecular weight excluding hydrogens is 435 g/mol. The Balaban J connectivity index is 1.65. The minimum absolute atomic E-state index is 0.0510. The Labute approximate surface area is 201 Å². The molecule has 1 N–H and O–H groups in total. The summed E-state index contributed by atoms with van der Waals surface area (Å²) in [7, 11) is 0. The maximum absolute atomic E-state index is 13.9. The van der Waals surface area contributed by atoms with Gasteiger partial charge < -0.3 is 10.2 Å². The largest absolute Gasteiger partial charge is 0.352 e. The first kappa shape index (κ1) is 25.3. The van der Waals surface area contributed by atoms with E-state index >= 15 is 0 Å². The van der Waals surface area contributed by atoms with Crippen molar-refractivity contribution in [3.8, 4) is 0 Å². The summed E-state index contributed by atoms with van der Waals surface area (Å²) in [5.74, 6) is 0.270. The van der Waals surface area contributed by atoms with Crippen molar-refractivity contribution in [1.29, 1.82) is 0 Å². The van der Waals surface area contributed by atoms with Crippen LogP contribution in [0, 0.1) is 5.82 Å². The molecule has 1 aliphatic rings. The van der Waals surface area contributed by atoms with Gasteiger partial charge in [-0.25, -0.2) is 4.39 Å². The summed E-state index contributed by atoms with van der Waals surface area (Å²) in [6, 6.07) is 16.4. The first-order valence-electron chi connectivity index (χ1n) is 12.0. The van der Waals surface area contributed by atoms with Crippen LogP contribution in [0.4, 0.5) is 4.39 Å². The van der Waals surface area contributed by atoms with E-state index in [0.29, 0.717) is 30.7 Å². The van der Waals surface area contributed by atoms with Crippen LogP contribution in [0.25, 0.3) is 0 Å². The topological polar surface area (TPSA) is 49.4 Å². The number of benzene rings is 2. The Bertz CT molecular complexity index is 887. The molecule has 1 fully saturated rings. The first-order chi connectivity index (χ1) is 16.1. The molecule has 0 aliphatic heterocycles. The van der Waals surface area contributed by atoms with Gasteiger partial charge in [0.25, 0.3) is 0 Å². The van der Waals surface area contributed by atoms with E-state index in [-0.39, 0.29) is 29.4 Å². The van der Waals surface area contributed by atoms with Gasteiger partial charge in [0.15, 0.2) is 0 Å². The van der Waals surface area contributed by atoms with Gasteiger partial charge >= 0.3 is 0 Å². The van der Waals surface area contributed by atoms with Gasteiger partial charge in [0, 0.05) is 18.3 Å². The zero-order chi connectivity index (χ0) is 23.5. The van der Waals surface area contributed by atoms with Crippen molar-refractivity contribution in [1.82, 2.24) is 10.2 Å². The maximum atomic E-state index is 13.9. The van der Waals surface area contributed by atoms with Crippen molar-refractivity contribution < 1.29 is 14.0 Å². The van der Waals surface area contributed by atoms with Crippen molar-refractivity contribution in [2.24, 2.45) is 0 Å². The van der Waals surface area contributed by atoms with Crippen molar-refractivity contribution in [2.45, 2.75) is 69.7 Å². The predicted molar refractivity (Wildman–Crippen MR) is 134 cm³/mol. The highest BCUT2D eigenvalue weighted by Gasteiger charge is 2.29. The van der Waals surface area contributed by atoms with Crippen molar-refractivity contribution >= 4 is 23.6 Å². The number of nitrogens with zero attached hydrogens (tertiary/aromatic N) is 1. The molecule has 0 spiro atoms. The van der Waals surface area contributed by atoms with Crippen LogP contribution in [0.2, 0.25) is 0 Å². The lowest BCUT2D eigenvalue weighted by Crippen LogP contribution is -2.52. The number of carbonyl (C=O) groups is 2. The molecule has 0 heterocycles. The molecule has 0 radical (unpaired) electrons. The van der Waals surface area contributed by atoms with Crippen LogP contribution >= 0.6 is 11.8 Å². The van der Waals surface area contributed by atoms with Crippen LogP contribution < -0.4 is 5.32 Å². The molecule has 1 atom stereocenters. The SMILES string of the molecule is CC[C@@H](C(=O)NC1CCCCC1)N(CCc1ccccc1)C(=O)CSCc1ccccc1F. The van der Waals surface area contributed by atoms with Crippen molar-refractivity contribution in [2.75, 3.05) is 12.3 Å². The molecule has 0 aromatic heterocycles. The molecule has 6 heteroatoms. The Kier molecular flexibility index (Phi) is 10.3. The lowest BCUT2D eigenvalue weighted by atomic mass is 9.95. The van der Waals surface area contributed by atoms with Crippen LogP contribution in [0.1, 0.15) is 56.6 Å². The third-order valence-electron chi connectivity index (χ3n) is 6.26. The van der Waals surface area contributed by atoms with Gasteiger partial charge in [0.1, 0.15) is 11.9 Å². The lowest BCUT2D eigenvalue weighted by molar-refractivity contribution is -0.139.